The van der Waals surface area contributed by atoms with E-state index in [1.165, 1.54) is 31.4 Å². The van der Waals surface area contributed by atoms with Crippen molar-refractivity contribution in [2.24, 2.45) is 17.6 Å². The third kappa shape index (κ3) is 1.73. The van der Waals surface area contributed by atoms with Gasteiger partial charge < -0.3 is 5.73 Å². The largest absolute Gasteiger partial charge is 0.330 e. The van der Waals surface area contributed by atoms with E-state index in [1.54, 1.807) is 0 Å². The Morgan fingerprint density at radius 1 is 1.36 bits per heavy atom. The molecule has 2 atom stereocenters. The van der Waals surface area contributed by atoms with Gasteiger partial charge in [0.15, 0.2) is 0 Å². The van der Waals surface area contributed by atoms with Crippen LogP contribution in [0.4, 0.5) is 0 Å². The number of hydrogen-bond donors (Lipinski definition) is 1. The summed E-state index contributed by atoms with van der Waals surface area (Å²) in [5, 5.41) is 0.992. The van der Waals surface area contributed by atoms with Crippen LogP contribution in [0.1, 0.15) is 25.7 Å². The third-order valence-electron chi connectivity index (χ3n) is 2.94. The van der Waals surface area contributed by atoms with E-state index in [4.69, 9.17) is 5.73 Å². The Hall–Kier alpha value is 0.310. The zero-order valence-electron chi connectivity index (χ0n) is 6.96. The molecule has 2 N–H and O–H groups in total. The highest BCUT2D eigenvalue weighted by molar-refractivity contribution is 8.01. The fraction of sp³-hybridized carbons (Fsp3) is 1.00. The molecule has 2 fully saturated rings. The van der Waals surface area contributed by atoms with Crippen molar-refractivity contribution in [3.8, 4) is 0 Å². The number of nitrogens with two attached hydrogens (primary N) is 1. The molecule has 1 saturated carbocycles. The molecule has 0 radical (unpaired) electrons. The average Bonchev–Trinajstić information content (AvgIpc) is 2.63. The molecule has 2 heteroatoms. The molecule has 2 aliphatic rings. The molecular formula is C9H17NS. The van der Waals surface area contributed by atoms with Crippen molar-refractivity contribution >= 4 is 11.8 Å². The number of thioether (sulfide) groups is 1. The zero-order chi connectivity index (χ0) is 7.68. The second-order valence-electron chi connectivity index (χ2n) is 3.78. The Morgan fingerprint density at radius 3 is 2.45 bits per heavy atom. The average molecular weight is 171 g/mol. The van der Waals surface area contributed by atoms with Crippen LogP contribution in [0.5, 0.6) is 0 Å². The Balaban J connectivity index is 1.81. The highest BCUT2D eigenvalue weighted by Crippen LogP contribution is 2.47. The summed E-state index contributed by atoms with van der Waals surface area (Å²) in [5.74, 6) is 3.45. The fourth-order valence-corrected chi connectivity index (χ4v) is 3.15. The lowest BCUT2D eigenvalue weighted by Crippen LogP contribution is -2.29. The first kappa shape index (κ1) is 7.93. The quantitative estimate of drug-likeness (QED) is 0.699. The molecule has 1 aliphatic heterocycles. The van der Waals surface area contributed by atoms with Crippen LogP contribution in [-0.2, 0) is 0 Å². The first-order valence-corrected chi connectivity index (χ1v) is 5.78. The predicted molar refractivity (Wildman–Crippen MR) is 50.7 cm³/mol. The van der Waals surface area contributed by atoms with Gasteiger partial charge in [-0.1, -0.05) is 0 Å². The second kappa shape index (κ2) is 3.36. The third-order valence-corrected chi connectivity index (χ3v) is 4.42. The van der Waals surface area contributed by atoms with Crippen molar-refractivity contribution in [3.05, 3.63) is 0 Å². The van der Waals surface area contributed by atoms with Gasteiger partial charge in [0.25, 0.3) is 0 Å². The summed E-state index contributed by atoms with van der Waals surface area (Å²) >= 11 is 2.17. The maximum absolute atomic E-state index is 5.60. The van der Waals surface area contributed by atoms with Crippen LogP contribution in [0.25, 0.3) is 0 Å². The Labute approximate surface area is 73.1 Å². The molecule has 0 aromatic carbocycles. The molecule has 64 valence electrons. The van der Waals surface area contributed by atoms with Gasteiger partial charge in [0.2, 0.25) is 0 Å². The van der Waals surface area contributed by atoms with E-state index >= 15 is 0 Å². The van der Waals surface area contributed by atoms with Gasteiger partial charge >= 0.3 is 0 Å². The van der Waals surface area contributed by atoms with Crippen molar-refractivity contribution in [2.45, 2.75) is 30.9 Å². The molecule has 2 rings (SSSR count). The molecular weight excluding hydrogens is 154 g/mol. The summed E-state index contributed by atoms with van der Waals surface area (Å²) in [7, 11) is 0. The molecule has 1 nitrogen and oxygen atoms in total. The summed E-state index contributed by atoms with van der Waals surface area (Å²) < 4.78 is 0. The molecule has 0 aromatic heterocycles. The molecule has 0 amide bonds. The van der Waals surface area contributed by atoms with E-state index in [0.29, 0.717) is 0 Å². The minimum absolute atomic E-state index is 0.901. The van der Waals surface area contributed by atoms with E-state index < -0.39 is 0 Å². The smallest absolute Gasteiger partial charge is 0.00862 e. The van der Waals surface area contributed by atoms with E-state index in [9.17, 15) is 0 Å². The fourth-order valence-electron chi connectivity index (χ4n) is 2.03. The van der Waals surface area contributed by atoms with Crippen LogP contribution in [0, 0.1) is 11.8 Å². The molecule has 11 heavy (non-hydrogen) atoms. The molecule has 0 aromatic rings. The monoisotopic (exact) mass is 171 g/mol. The minimum atomic E-state index is 0.901. The molecule has 0 bridgehead atoms. The van der Waals surface area contributed by atoms with Crippen molar-refractivity contribution in [3.63, 3.8) is 0 Å². The van der Waals surface area contributed by atoms with Gasteiger partial charge in [-0.3, -0.25) is 0 Å². The van der Waals surface area contributed by atoms with Crippen LogP contribution in [0.2, 0.25) is 0 Å². The van der Waals surface area contributed by atoms with Crippen molar-refractivity contribution < 1.29 is 0 Å². The molecule has 1 saturated heterocycles. The highest BCUT2D eigenvalue weighted by Gasteiger charge is 2.38. The lowest BCUT2D eigenvalue weighted by atomic mass is 9.93. The summed E-state index contributed by atoms with van der Waals surface area (Å²) in [6.45, 7) is 0.901. The van der Waals surface area contributed by atoms with Crippen LogP contribution in [0.3, 0.4) is 0 Å². The Kier molecular flexibility index (Phi) is 2.42. The predicted octanol–water partition coefficient (Wildman–Crippen LogP) is 1.87. The lowest BCUT2D eigenvalue weighted by molar-refractivity contribution is 0.402. The van der Waals surface area contributed by atoms with Crippen molar-refractivity contribution in [1.29, 1.82) is 0 Å². The van der Waals surface area contributed by atoms with Crippen LogP contribution in [-0.4, -0.2) is 17.5 Å². The molecule has 2 unspecified atom stereocenters. The van der Waals surface area contributed by atoms with Gasteiger partial charge in [0.05, 0.1) is 0 Å². The first-order chi connectivity index (χ1) is 5.42. The van der Waals surface area contributed by atoms with Crippen molar-refractivity contribution in [1.82, 2.24) is 0 Å². The highest BCUT2D eigenvalue weighted by atomic mass is 32.2. The minimum Gasteiger partial charge on any atom is -0.330 e. The number of hydrogen-bond acceptors (Lipinski definition) is 2. The maximum Gasteiger partial charge on any atom is 0.00862 e. The summed E-state index contributed by atoms with van der Waals surface area (Å²) in [5.41, 5.74) is 5.60. The van der Waals surface area contributed by atoms with Gasteiger partial charge in [0.1, 0.15) is 0 Å². The summed E-state index contributed by atoms with van der Waals surface area (Å²) in [6.07, 6.45) is 5.72. The zero-order valence-corrected chi connectivity index (χ0v) is 7.78. The van der Waals surface area contributed by atoms with Crippen LogP contribution >= 0.6 is 11.8 Å². The Morgan fingerprint density at radius 2 is 2.09 bits per heavy atom. The molecule has 1 aliphatic carbocycles. The maximum atomic E-state index is 5.60. The SMILES string of the molecule is NCCC(C1CC1)C1CCS1. The van der Waals surface area contributed by atoms with Gasteiger partial charge in [-0.25, -0.2) is 0 Å². The Bertz CT molecular complexity index is 130. The summed E-state index contributed by atoms with van der Waals surface area (Å²) in [6, 6.07) is 0. The normalized spacial score (nSPS) is 33.0. The number of rotatable bonds is 4. The van der Waals surface area contributed by atoms with Gasteiger partial charge in [-0.15, -0.1) is 0 Å². The molecule has 0 spiro atoms. The van der Waals surface area contributed by atoms with Crippen LogP contribution < -0.4 is 5.73 Å². The van der Waals surface area contributed by atoms with Gasteiger partial charge in [0, 0.05) is 5.25 Å². The van der Waals surface area contributed by atoms with Crippen molar-refractivity contribution in [2.75, 3.05) is 12.3 Å². The van der Waals surface area contributed by atoms with E-state index in [1.807, 2.05) is 0 Å². The van der Waals surface area contributed by atoms with Gasteiger partial charge in [-0.05, 0) is 49.8 Å². The second-order valence-corrected chi connectivity index (χ2v) is 5.12. The lowest BCUT2D eigenvalue weighted by Gasteiger charge is -2.33. The molecule has 1 heterocycles. The van der Waals surface area contributed by atoms with E-state index in [2.05, 4.69) is 11.8 Å². The van der Waals surface area contributed by atoms with E-state index in [0.717, 1.165) is 23.6 Å². The van der Waals surface area contributed by atoms with Gasteiger partial charge in [-0.2, -0.15) is 11.8 Å². The topological polar surface area (TPSA) is 26.0 Å². The van der Waals surface area contributed by atoms with E-state index in [-0.39, 0.29) is 0 Å². The summed E-state index contributed by atoms with van der Waals surface area (Å²) in [4.78, 5) is 0. The standard InChI is InChI=1S/C9H17NS/c10-5-3-8(7-1-2-7)9-4-6-11-9/h7-9H,1-6,10H2. The first-order valence-electron chi connectivity index (χ1n) is 4.73. The van der Waals surface area contributed by atoms with Crippen LogP contribution in [0.15, 0.2) is 0 Å².